The van der Waals surface area contributed by atoms with Crippen LogP contribution in [-0.4, -0.2) is 41.7 Å². The molecule has 0 aliphatic heterocycles. The molecule has 28 heavy (non-hydrogen) atoms. The van der Waals surface area contributed by atoms with Crippen molar-refractivity contribution in [2.75, 3.05) is 18.8 Å². The fraction of sp³-hybridized carbons (Fsp3) is 0.762. The lowest BCUT2D eigenvalue weighted by Gasteiger charge is -2.14. The Labute approximate surface area is 179 Å². The van der Waals surface area contributed by atoms with Crippen LogP contribution in [-0.2, 0) is 14.4 Å². The van der Waals surface area contributed by atoms with Crippen molar-refractivity contribution in [2.24, 2.45) is 11.8 Å². The molecule has 2 N–H and O–H groups in total. The van der Waals surface area contributed by atoms with Gasteiger partial charge in [-0.2, -0.15) is 0 Å². The lowest BCUT2D eigenvalue weighted by molar-refractivity contribution is -0.125. The summed E-state index contributed by atoms with van der Waals surface area (Å²) >= 11 is 0. The lowest BCUT2D eigenvalue weighted by Crippen LogP contribution is -2.33. The van der Waals surface area contributed by atoms with Crippen LogP contribution in [0.4, 0.5) is 0 Å². The molecule has 0 saturated carbocycles. The van der Waals surface area contributed by atoms with Crippen LogP contribution in [0.5, 0.6) is 0 Å². The number of amides is 2. The van der Waals surface area contributed by atoms with Crippen molar-refractivity contribution in [3.8, 4) is 0 Å². The molecule has 0 radical (unpaired) electrons. The molecule has 3 unspecified atom stereocenters. The van der Waals surface area contributed by atoms with Crippen molar-refractivity contribution in [3.63, 3.8) is 0 Å². The SMILES string of the molecule is CC=CC(C)C(=O)CCNC(=O)CCCSSC(C)CNC(=O)C(C)CCC. The van der Waals surface area contributed by atoms with Crippen LogP contribution in [0.2, 0.25) is 0 Å². The van der Waals surface area contributed by atoms with Crippen molar-refractivity contribution in [3.05, 3.63) is 12.2 Å². The van der Waals surface area contributed by atoms with Crippen LogP contribution in [0, 0.1) is 11.8 Å². The monoisotopic (exact) mass is 430 g/mol. The summed E-state index contributed by atoms with van der Waals surface area (Å²) in [4.78, 5) is 35.5. The number of allylic oxidation sites excluding steroid dienone is 2. The van der Waals surface area contributed by atoms with Crippen LogP contribution in [0.15, 0.2) is 12.2 Å². The van der Waals surface area contributed by atoms with Gasteiger partial charge in [-0.1, -0.05) is 67.9 Å². The number of nitrogens with one attached hydrogen (secondary N) is 2. The summed E-state index contributed by atoms with van der Waals surface area (Å²) in [5, 5.41) is 6.16. The van der Waals surface area contributed by atoms with Gasteiger partial charge in [-0.25, -0.2) is 0 Å². The predicted molar refractivity (Wildman–Crippen MR) is 122 cm³/mol. The molecule has 162 valence electrons. The normalized spacial score (nSPS) is 14.5. The van der Waals surface area contributed by atoms with E-state index < -0.39 is 0 Å². The molecule has 0 rings (SSSR count). The summed E-state index contributed by atoms with van der Waals surface area (Å²) < 4.78 is 0. The van der Waals surface area contributed by atoms with Crippen molar-refractivity contribution in [1.29, 1.82) is 0 Å². The smallest absolute Gasteiger partial charge is 0.222 e. The molecular formula is C21H38N2O3S2. The van der Waals surface area contributed by atoms with Gasteiger partial charge in [-0.05, 0) is 19.8 Å². The minimum Gasteiger partial charge on any atom is -0.356 e. The first-order valence-electron chi connectivity index (χ1n) is 10.3. The Kier molecular flexibility index (Phi) is 16.4. The Morgan fingerprint density at radius 3 is 2.43 bits per heavy atom. The predicted octanol–water partition coefficient (Wildman–Crippen LogP) is 4.38. The second-order valence-corrected chi connectivity index (χ2v) is 10.1. The standard InChI is InChI=1S/C21H38N2O3S2/c1-6-9-16(3)19(24)12-13-22-20(25)11-8-14-27-28-18(5)15-23-21(26)17(4)10-7-2/h6,9,16-18H,7-8,10-15H2,1-5H3,(H,22,25)(H,23,26). The van der Waals surface area contributed by atoms with E-state index >= 15 is 0 Å². The van der Waals surface area contributed by atoms with Crippen molar-refractivity contribution in [1.82, 2.24) is 10.6 Å². The van der Waals surface area contributed by atoms with Crippen LogP contribution in [0.1, 0.15) is 66.7 Å². The molecule has 5 nitrogen and oxygen atoms in total. The Morgan fingerprint density at radius 2 is 1.79 bits per heavy atom. The molecule has 0 aliphatic carbocycles. The first kappa shape index (κ1) is 27.0. The molecule has 0 aromatic heterocycles. The van der Waals surface area contributed by atoms with Gasteiger partial charge in [0.15, 0.2) is 0 Å². The molecule has 0 aliphatic rings. The molecule has 0 heterocycles. The molecule has 2 amide bonds. The van der Waals surface area contributed by atoms with Crippen LogP contribution < -0.4 is 10.6 Å². The Bertz CT molecular complexity index is 498. The van der Waals surface area contributed by atoms with Crippen molar-refractivity contribution < 1.29 is 14.4 Å². The van der Waals surface area contributed by atoms with E-state index in [1.165, 1.54) is 0 Å². The van der Waals surface area contributed by atoms with Gasteiger partial charge in [0.25, 0.3) is 0 Å². The maximum absolute atomic E-state index is 11.9. The second-order valence-electron chi connectivity index (χ2n) is 7.15. The van der Waals surface area contributed by atoms with E-state index in [9.17, 15) is 14.4 Å². The van der Waals surface area contributed by atoms with E-state index in [-0.39, 0.29) is 29.4 Å². The minimum atomic E-state index is -0.0862. The minimum absolute atomic E-state index is 0.00214. The molecule has 3 atom stereocenters. The number of carbonyl (C=O) groups excluding carboxylic acids is 3. The highest BCUT2D eigenvalue weighted by Gasteiger charge is 2.13. The van der Waals surface area contributed by atoms with Gasteiger partial charge in [0, 0.05) is 48.8 Å². The summed E-state index contributed by atoms with van der Waals surface area (Å²) in [6, 6.07) is 0. The van der Waals surface area contributed by atoms with Crippen molar-refractivity contribution >= 4 is 39.2 Å². The van der Waals surface area contributed by atoms with Crippen LogP contribution in [0.25, 0.3) is 0 Å². The van der Waals surface area contributed by atoms with Gasteiger partial charge in [-0.3, -0.25) is 14.4 Å². The molecule has 0 spiro atoms. The summed E-state index contributed by atoms with van der Waals surface area (Å²) in [6.45, 7) is 11.0. The zero-order valence-corrected chi connectivity index (χ0v) is 19.7. The average Bonchev–Trinajstić information content (AvgIpc) is 2.65. The summed E-state index contributed by atoms with van der Waals surface area (Å²) in [5.41, 5.74) is 0. The van der Waals surface area contributed by atoms with Gasteiger partial charge in [0.2, 0.25) is 11.8 Å². The van der Waals surface area contributed by atoms with E-state index in [1.807, 2.05) is 32.9 Å². The lowest BCUT2D eigenvalue weighted by atomic mass is 10.0. The first-order valence-corrected chi connectivity index (χ1v) is 12.7. The number of carbonyl (C=O) groups is 3. The summed E-state index contributed by atoms with van der Waals surface area (Å²) in [7, 11) is 3.48. The fourth-order valence-corrected chi connectivity index (χ4v) is 4.80. The Hall–Kier alpha value is -0.950. The number of ketones is 1. The van der Waals surface area contributed by atoms with E-state index in [0.29, 0.717) is 31.2 Å². The second kappa shape index (κ2) is 17.0. The van der Waals surface area contributed by atoms with Gasteiger partial charge in [-0.15, -0.1) is 0 Å². The molecule has 0 bridgehead atoms. The van der Waals surface area contributed by atoms with E-state index in [2.05, 4.69) is 24.5 Å². The summed E-state index contributed by atoms with van der Waals surface area (Å²) in [5.74, 6) is 1.17. The molecule has 0 fully saturated rings. The first-order chi connectivity index (χ1) is 13.3. The maximum Gasteiger partial charge on any atom is 0.222 e. The zero-order valence-electron chi connectivity index (χ0n) is 18.1. The third-order valence-corrected chi connectivity index (χ3v) is 7.26. The molecule has 0 aromatic carbocycles. The van der Waals surface area contributed by atoms with Crippen molar-refractivity contribution in [2.45, 2.75) is 72.0 Å². The highest BCUT2D eigenvalue weighted by atomic mass is 33.1. The van der Waals surface area contributed by atoms with Crippen LogP contribution in [0.3, 0.4) is 0 Å². The van der Waals surface area contributed by atoms with Crippen LogP contribution >= 0.6 is 21.6 Å². The third-order valence-electron chi connectivity index (χ3n) is 4.28. The van der Waals surface area contributed by atoms with Gasteiger partial charge >= 0.3 is 0 Å². The number of Topliss-reactive ketones (excluding diaryl/α,β-unsaturated/α-hetero) is 1. The molecule has 0 aromatic rings. The topological polar surface area (TPSA) is 75.3 Å². The fourth-order valence-electron chi connectivity index (χ4n) is 2.51. The molecule has 0 saturated heterocycles. The molecule has 7 heteroatoms. The van der Waals surface area contributed by atoms with Gasteiger partial charge < -0.3 is 10.6 Å². The van der Waals surface area contributed by atoms with E-state index in [0.717, 1.165) is 25.0 Å². The van der Waals surface area contributed by atoms with E-state index in [1.54, 1.807) is 21.6 Å². The molecular weight excluding hydrogens is 392 g/mol. The number of rotatable bonds is 16. The quantitative estimate of drug-likeness (QED) is 0.216. The third kappa shape index (κ3) is 14.1. The highest BCUT2D eigenvalue weighted by molar-refractivity contribution is 8.76. The zero-order chi connectivity index (χ0) is 21.4. The number of hydrogen-bond acceptors (Lipinski definition) is 5. The van der Waals surface area contributed by atoms with Gasteiger partial charge in [0.05, 0.1) is 0 Å². The Morgan fingerprint density at radius 1 is 1.07 bits per heavy atom. The summed E-state index contributed by atoms with van der Waals surface area (Å²) in [6.07, 6.45) is 7.35. The maximum atomic E-state index is 11.9. The Balaban J connectivity index is 3.69. The van der Waals surface area contributed by atoms with E-state index in [4.69, 9.17) is 0 Å². The highest BCUT2D eigenvalue weighted by Crippen LogP contribution is 2.27. The largest absolute Gasteiger partial charge is 0.356 e. The average molecular weight is 431 g/mol. The van der Waals surface area contributed by atoms with Gasteiger partial charge in [0.1, 0.15) is 5.78 Å². The number of hydrogen-bond donors (Lipinski definition) is 2.